The first-order chi connectivity index (χ1) is 7.27. The van der Waals surface area contributed by atoms with Gasteiger partial charge in [-0.2, -0.15) is 0 Å². The maximum absolute atomic E-state index is 5.61. The number of rotatable bonds is 6. The third-order valence-electron chi connectivity index (χ3n) is 2.38. The number of hydrogen-bond acceptors (Lipinski definition) is 2. The summed E-state index contributed by atoms with van der Waals surface area (Å²) in [6.07, 6.45) is 1.00. The van der Waals surface area contributed by atoms with E-state index in [4.69, 9.17) is 16.3 Å². The van der Waals surface area contributed by atoms with Gasteiger partial charge < -0.3 is 10.1 Å². The van der Waals surface area contributed by atoms with Gasteiger partial charge >= 0.3 is 0 Å². The van der Waals surface area contributed by atoms with Crippen molar-refractivity contribution in [3.8, 4) is 5.75 Å². The Hall–Kier alpha value is -0.730. The fourth-order valence-electron chi connectivity index (χ4n) is 1.40. The smallest absolute Gasteiger partial charge is 0.118 e. The molecule has 0 amide bonds. The molecule has 0 heterocycles. The standard InChI is InChI=1S/C12H18ClNO/c1-10(14-9-3-8-13)11-4-6-12(15-2)7-5-11/h4-7,10,14H,3,8-9H2,1-2H3/t10-/m0/s1. The molecule has 1 rings (SSSR count). The van der Waals surface area contributed by atoms with Gasteiger partial charge in [0, 0.05) is 11.9 Å². The Kier molecular flexibility index (Phi) is 5.51. The number of ether oxygens (including phenoxy) is 1. The van der Waals surface area contributed by atoms with E-state index in [9.17, 15) is 0 Å². The van der Waals surface area contributed by atoms with Crippen LogP contribution in [0, 0.1) is 0 Å². The maximum Gasteiger partial charge on any atom is 0.118 e. The molecular formula is C12H18ClNO. The summed E-state index contributed by atoms with van der Waals surface area (Å²) < 4.78 is 5.11. The second-order valence-electron chi connectivity index (χ2n) is 3.49. The van der Waals surface area contributed by atoms with Gasteiger partial charge in [0.25, 0.3) is 0 Å². The topological polar surface area (TPSA) is 21.3 Å². The molecule has 2 nitrogen and oxygen atoms in total. The highest BCUT2D eigenvalue weighted by atomic mass is 35.5. The predicted octanol–water partition coefficient (Wildman–Crippen LogP) is 2.97. The van der Waals surface area contributed by atoms with Crippen LogP contribution in [0.25, 0.3) is 0 Å². The van der Waals surface area contributed by atoms with Crippen molar-refractivity contribution in [2.45, 2.75) is 19.4 Å². The van der Waals surface area contributed by atoms with Gasteiger partial charge in [-0.3, -0.25) is 0 Å². The minimum atomic E-state index is 0.360. The third-order valence-corrected chi connectivity index (χ3v) is 2.64. The zero-order chi connectivity index (χ0) is 11.1. The minimum absolute atomic E-state index is 0.360. The lowest BCUT2D eigenvalue weighted by Crippen LogP contribution is -2.20. The zero-order valence-electron chi connectivity index (χ0n) is 9.29. The summed E-state index contributed by atoms with van der Waals surface area (Å²) in [5, 5.41) is 3.41. The van der Waals surface area contributed by atoms with Crippen molar-refractivity contribution in [3.63, 3.8) is 0 Å². The van der Waals surface area contributed by atoms with Gasteiger partial charge in [-0.05, 0) is 37.6 Å². The molecule has 0 saturated heterocycles. The zero-order valence-corrected chi connectivity index (χ0v) is 10.1. The molecule has 3 heteroatoms. The summed E-state index contributed by atoms with van der Waals surface area (Å²) in [5.74, 6) is 1.61. The Balaban J connectivity index is 2.46. The molecule has 0 aliphatic carbocycles. The summed E-state index contributed by atoms with van der Waals surface area (Å²) >= 11 is 5.61. The Bertz CT molecular complexity index is 273. The van der Waals surface area contributed by atoms with Gasteiger partial charge in [-0.15, -0.1) is 11.6 Å². The molecule has 0 saturated carbocycles. The van der Waals surface area contributed by atoms with Crippen LogP contribution in [0.1, 0.15) is 24.9 Å². The molecule has 1 N–H and O–H groups in total. The first-order valence-electron chi connectivity index (χ1n) is 5.21. The molecule has 0 aromatic heterocycles. The molecule has 84 valence electrons. The molecule has 1 aromatic rings. The average Bonchev–Trinajstić information content (AvgIpc) is 2.29. The van der Waals surface area contributed by atoms with Crippen LogP contribution in [-0.4, -0.2) is 19.5 Å². The molecule has 1 aromatic carbocycles. The first kappa shape index (κ1) is 12.3. The van der Waals surface area contributed by atoms with Gasteiger partial charge in [-0.25, -0.2) is 0 Å². The van der Waals surface area contributed by atoms with Crippen molar-refractivity contribution in [2.24, 2.45) is 0 Å². The number of halogens is 1. The molecule has 0 unspecified atom stereocenters. The number of methoxy groups -OCH3 is 1. The molecule has 1 atom stereocenters. The molecule has 0 fully saturated rings. The summed E-state index contributed by atoms with van der Waals surface area (Å²) in [7, 11) is 1.68. The lowest BCUT2D eigenvalue weighted by molar-refractivity contribution is 0.414. The van der Waals surface area contributed by atoms with Crippen LogP contribution < -0.4 is 10.1 Å². The molecule has 0 aliphatic rings. The number of alkyl halides is 1. The van der Waals surface area contributed by atoms with Crippen LogP contribution in [0.3, 0.4) is 0 Å². The maximum atomic E-state index is 5.61. The second kappa shape index (κ2) is 6.70. The van der Waals surface area contributed by atoms with Crippen LogP contribution in [0.2, 0.25) is 0 Å². The molecular weight excluding hydrogens is 210 g/mol. The van der Waals surface area contributed by atoms with Gasteiger partial charge in [0.05, 0.1) is 7.11 Å². The first-order valence-corrected chi connectivity index (χ1v) is 5.74. The van der Waals surface area contributed by atoms with E-state index in [0.717, 1.165) is 18.7 Å². The van der Waals surface area contributed by atoms with Gasteiger partial charge in [0.15, 0.2) is 0 Å². The lowest BCUT2D eigenvalue weighted by atomic mass is 10.1. The minimum Gasteiger partial charge on any atom is -0.497 e. The largest absolute Gasteiger partial charge is 0.497 e. The monoisotopic (exact) mass is 227 g/mol. The SMILES string of the molecule is COc1ccc([C@H](C)NCCCCl)cc1. The van der Waals surface area contributed by atoms with Crippen molar-refractivity contribution >= 4 is 11.6 Å². The average molecular weight is 228 g/mol. The van der Waals surface area contributed by atoms with E-state index >= 15 is 0 Å². The molecule has 0 radical (unpaired) electrons. The Morgan fingerprint density at radius 3 is 2.53 bits per heavy atom. The van der Waals surface area contributed by atoms with E-state index in [1.54, 1.807) is 7.11 Å². The van der Waals surface area contributed by atoms with E-state index in [1.165, 1.54) is 5.56 Å². The summed E-state index contributed by atoms with van der Waals surface area (Å²) in [4.78, 5) is 0. The summed E-state index contributed by atoms with van der Waals surface area (Å²) in [6, 6.07) is 8.48. The van der Waals surface area contributed by atoms with Crippen LogP contribution in [0.4, 0.5) is 0 Å². The molecule has 0 spiro atoms. The van der Waals surface area contributed by atoms with Gasteiger partial charge in [-0.1, -0.05) is 12.1 Å². The summed E-state index contributed by atoms with van der Waals surface area (Å²) in [5.41, 5.74) is 1.27. The Morgan fingerprint density at radius 2 is 2.00 bits per heavy atom. The van der Waals surface area contributed by atoms with Crippen LogP contribution in [0.15, 0.2) is 24.3 Å². The van der Waals surface area contributed by atoms with E-state index in [2.05, 4.69) is 24.4 Å². The van der Waals surface area contributed by atoms with Crippen LogP contribution >= 0.6 is 11.6 Å². The fraction of sp³-hybridized carbons (Fsp3) is 0.500. The van der Waals surface area contributed by atoms with Gasteiger partial charge in [0.2, 0.25) is 0 Å². The Morgan fingerprint density at radius 1 is 1.33 bits per heavy atom. The van der Waals surface area contributed by atoms with Crippen molar-refractivity contribution in [1.29, 1.82) is 0 Å². The molecule has 15 heavy (non-hydrogen) atoms. The quantitative estimate of drug-likeness (QED) is 0.596. The third kappa shape index (κ3) is 4.10. The van der Waals surface area contributed by atoms with Gasteiger partial charge in [0.1, 0.15) is 5.75 Å². The van der Waals surface area contributed by atoms with Crippen molar-refractivity contribution in [3.05, 3.63) is 29.8 Å². The van der Waals surface area contributed by atoms with Crippen molar-refractivity contribution in [2.75, 3.05) is 19.5 Å². The Labute approximate surface area is 96.6 Å². The van der Waals surface area contributed by atoms with E-state index in [0.29, 0.717) is 11.9 Å². The fourth-order valence-corrected chi connectivity index (χ4v) is 1.53. The highest BCUT2D eigenvalue weighted by Crippen LogP contribution is 2.16. The predicted molar refractivity (Wildman–Crippen MR) is 64.7 cm³/mol. The van der Waals surface area contributed by atoms with Crippen LogP contribution in [-0.2, 0) is 0 Å². The second-order valence-corrected chi connectivity index (χ2v) is 3.87. The van der Waals surface area contributed by atoms with Crippen molar-refractivity contribution < 1.29 is 4.74 Å². The van der Waals surface area contributed by atoms with E-state index < -0.39 is 0 Å². The lowest BCUT2D eigenvalue weighted by Gasteiger charge is -2.14. The number of hydrogen-bond donors (Lipinski definition) is 1. The normalized spacial score (nSPS) is 12.5. The summed E-state index contributed by atoms with van der Waals surface area (Å²) in [6.45, 7) is 3.10. The van der Waals surface area contributed by atoms with E-state index in [1.807, 2.05) is 12.1 Å². The van der Waals surface area contributed by atoms with E-state index in [-0.39, 0.29) is 0 Å². The van der Waals surface area contributed by atoms with Crippen LogP contribution in [0.5, 0.6) is 5.75 Å². The molecule has 0 aliphatic heterocycles. The number of benzene rings is 1. The highest BCUT2D eigenvalue weighted by Gasteiger charge is 2.03. The highest BCUT2D eigenvalue weighted by molar-refractivity contribution is 6.17. The number of nitrogens with one attached hydrogen (secondary N) is 1. The van der Waals surface area contributed by atoms with Crippen molar-refractivity contribution in [1.82, 2.24) is 5.32 Å². The molecule has 0 bridgehead atoms.